The molecule has 2 amide bonds. The van der Waals surface area contributed by atoms with Crippen molar-refractivity contribution in [2.45, 2.75) is 70.9 Å². The number of ether oxygens (including phenoxy) is 4. The van der Waals surface area contributed by atoms with Crippen LogP contribution in [0, 0.1) is 5.92 Å². The summed E-state index contributed by atoms with van der Waals surface area (Å²) in [5, 5.41) is 15.9. The van der Waals surface area contributed by atoms with E-state index in [0.29, 0.717) is 24.3 Å². The van der Waals surface area contributed by atoms with E-state index in [4.69, 9.17) is 18.9 Å². The molecule has 2 rings (SSSR count). The maximum atomic E-state index is 13.2. The van der Waals surface area contributed by atoms with Crippen LogP contribution in [-0.4, -0.2) is 85.6 Å². The molecular formula is C25H39N3O7. The van der Waals surface area contributed by atoms with Crippen molar-refractivity contribution in [1.29, 1.82) is 0 Å². The van der Waals surface area contributed by atoms with E-state index in [9.17, 15) is 14.8 Å². The first-order chi connectivity index (χ1) is 16.4. The van der Waals surface area contributed by atoms with Crippen molar-refractivity contribution in [3.8, 4) is 5.75 Å². The first-order valence-electron chi connectivity index (χ1n) is 11.7. The van der Waals surface area contributed by atoms with Gasteiger partial charge >= 0.3 is 6.09 Å². The predicted molar refractivity (Wildman–Crippen MR) is 131 cm³/mol. The highest BCUT2D eigenvalue weighted by molar-refractivity contribution is 6.05. The maximum absolute atomic E-state index is 13.2. The van der Waals surface area contributed by atoms with Gasteiger partial charge in [-0.15, -0.1) is 0 Å². The van der Waals surface area contributed by atoms with Gasteiger partial charge in [-0.3, -0.25) is 9.69 Å². The van der Waals surface area contributed by atoms with Crippen LogP contribution in [0.1, 0.15) is 46.6 Å². The van der Waals surface area contributed by atoms with Crippen molar-refractivity contribution in [3.63, 3.8) is 0 Å². The topological polar surface area (TPSA) is 119 Å². The summed E-state index contributed by atoms with van der Waals surface area (Å²) in [5.41, 5.74) is 0.244. The van der Waals surface area contributed by atoms with Gasteiger partial charge in [0.05, 0.1) is 43.9 Å². The molecule has 0 aliphatic carbocycles. The van der Waals surface area contributed by atoms with Gasteiger partial charge in [0.1, 0.15) is 17.1 Å². The van der Waals surface area contributed by atoms with E-state index in [1.165, 1.54) is 7.11 Å². The van der Waals surface area contributed by atoms with E-state index in [-0.39, 0.29) is 17.7 Å². The average Bonchev–Trinajstić information content (AvgIpc) is 3.23. The molecule has 35 heavy (non-hydrogen) atoms. The zero-order valence-electron chi connectivity index (χ0n) is 21.9. The van der Waals surface area contributed by atoms with Crippen molar-refractivity contribution in [3.05, 3.63) is 29.8 Å². The van der Waals surface area contributed by atoms with Crippen LogP contribution in [-0.2, 0) is 19.0 Å². The summed E-state index contributed by atoms with van der Waals surface area (Å²) in [4.78, 5) is 27.7. The Bertz CT molecular complexity index is 899. The van der Waals surface area contributed by atoms with Crippen molar-refractivity contribution >= 4 is 17.7 Å². The maximum Gasteiger partial charge on any atom is 0.410 e. The lowest BCUT2D eigenvalue weighted by Gasteiger charge is -2.34. The molecule has 5 atom stereocenters. The molecular weight excluding hydrogens is 454 g/mol. The average molecular weight is 494 g/mol. The first-order valence-corrected chi connectivity index (χ1v) is 11.7. The van der Waals surface area contributed by atoms with Crippen LogP contribution in [0.5, 0.6) is 5.75 Å². The number of carbonyl (C=O) groups excluding carboxylic acids is 2. The normalized spacial score (nSPS) is 21.3. The highest BCUT2D eigenvalue weighted by Crippen LogP contribution is 2.29. The molecule has 0 aromatic heterocycles. The number of nitrogens with one attached hydrogen (secondary N) is 1. The van der Waals surface area contributed by atoms with E-state index in [1.54, 1.807) is 78.0 Å². The third-order valence-corrected chi connectivity index (χ3v) is 6.07. The number of rotatable bonds is 9. The van der Waals surface area contributed by atoms with Crippen LogP contribution in [0.3, 0.4) is 0 Å². The van der Waals surface area contributed by atoms with Gasteiger partial charge in [0, 0.05) is 19.8 Å². The molecule has 10 nitrogen and oxygen atoms in total. The van der Waals surface area contributed by atoms with Crippen LogP contribution in [0.2, 0.25) is 0 Å². The Morgan fingerprint density at radius 1 is 1.20 bits per heavy atom. The number of benzene rings is 1. The van der Waals surface area contributed by atoms with E-state index < -0.39 is 35.8 Å². The van der Waals surface area contributed by atoms with E-state index in [2.05, 4.69) is 10.5 Å². The summed E-state index contributed by atoms with van der Waals surface area (Å²) >= 11 is 0. The minimum Gasteiger partial charge on any atom is -0.497 e. The molecule has 0 spiro atoms. The Morgan fingerprint density at radius 2 is 1.89 bits per heavy atom. The Labute approximate surface area is 207 Å². The lowest BCUT2D eigenvalue weighted by molar-refractivity contribution is -0.131. The fraction of sp³-hybridized carbons (Fsp3) is 0.640. The van der Waals surface area contributed by atoms with E-state index in [1.807, 2.05) is 0 Å². The molecule has 1 saturated heterocycles. The predicted octanol–water partition coefficient (Wildman–Crippen LogP) is 3.05. The largest absolute Gasteiger partial charge is 0.497 e. The number of carbonyl (C=O) groups is 2. The number of hydrogen-bond donors (Lipinski definition) is 2. The lowest BCUT2D eigenvalue weighted by atomic mass is 9.94. The molecule has 0 bridgehead atoms. The number of methoxy groups -OCH3 is 3. The fourth-order valence-electron chi connectivity index (χ4n) is 4.27. The van der Waals surface area contributed by atoms with Crippen molar-refractivity contribution in [1.82, 2.24) is 10.2 Å². The summed E-state index contributed by atoms with van der Waals surface area (Å²) in [6.45, 7) is 9.22. The zero-order chi connectivity index (χ0) is 26.3. The summed E-state index contributed by atoms with van der Waals surface area (Å²) in [7, 11) is 4.65. The molecule has 1 aliphatic heterocycles. The third kappa shape index (κ3) is 7.32. The van der Waals surface area contributed by atoms with Gasteiger partial charge in [-0.25, -0.2) is 4.79 Å². The first kappa shape index (κ1) is 28.4. The van der Waals surface area contributed by atoms with Gasteiger partial charge in [0.15, 0.2) is 0 Å². The molecule has 10 heteroatoms. The second-order valence-electron chi connectivity index (χ2n) is 9.73. The summed E-state index contributed by atoms with van der Waals surface area (Å²) in [6.07, 6.45) is -0.770. The van der Waals surface area contributed by atoms with E-state index >= 15 is 0 Å². The van der Waals surface area contributed by atoms with Crippen molar-refractivity contribution in [2.75, 3.05) is 27.9 Å². The Morgan fingerprint density at radius 3 is 2.43 bits per heavy atom. The third-order valence-electron chi connectivity index (χ3n) is 6.07. The van der Waals surface area contributed by atoms with Gasteiger partial charge in [0.25, 0.3) is 0 Å². The van der Waals surface area contributed by atoms with Crippen LogP contribution in [0.15, 0.2) is 29.4 Å². The lowest BCUT2D eigenvalue weighted by Crippen LogP contribution is -2.52. The number of hydrogen-bond acceptors (Lipinski definition) is 8. The Hall–Kier alpha value is -2.85. The second-order valence-corrected chi connectivity index (χ2v) is 9.73. The van der Waals surface area contributed by atoms with Crippen molar-refractivity contribution in [2.24, 2.45) is 11.1 Å². The van der Waals surface area contributed by atoms with Gasteiger partial charge in [-0.1, -0.05) is 24.2 Å². The molecule has 2 N–H and O–H groups in total. The minimum atomic E-state index is -0.659. The van der Waals surface area contributed by atoms with Crippen LogP contribution >= 0.6 is 0 Å². The summed E-state index contributed by atoms with van der Waals surface area (Å²) < 4.78 is 22.1. The monoisotopic (exact) mass is 493 g/mol. The van der Waals surface area contributed by atoms with Gasteiger partial charge in [-0.05, 0) is 46.2 Å². The Kier molecular flexibility index (Phi) is 9.91. The molecule has 1 aromatic rings. The van der Waals surface area contributed by atoms with Crippen molar-refractivity contribution < 1.29 is 33.7 Å². The number of nitrogens with zero attached hydrogens (tertiary/aromatic N) is 2. The molecule has 196 valence electrons. The molecule has 0 radical (unpaired) electrons. The summed E-state index contributed by atoms with van der Waals surface area (Å²) in [5.74, 6) is -0.331. The molecule has 0 saturated carbocycles. The quantitative estimate of drug-likeness (QED) is 0.308. The number of oxime groups is 1. The van der Waals surface area contributed by atoms with Crippen LogP contribution < -0.4 is 10.1 Å². The zero-order valence-corrected chi connectivity index (χ0v) is 21.9. The van der Waals surface area contributed by atoms with E-state index in [0.717, 1.165) is 0 Å². The molecule has 1 heterocycles. The molecule has 1 aromatic carbocycles. The van der Waals surface area contributed by atoms with Gasteiger partial charge < -0.3 is 29.5 Å². The standard InChI is InChI=1S/C25H39N3O7/c1-15(23(29)26-16(2)21(27-31)17-10-9-11-18(12-17)32-6)22(34-8)20-13-19(33-7)14-28(20)24(30)35-25(3,4)5/h9-12,15-16,19-20,22,31H,13-14H2,1-8H3,(H,26,29)/b27-21-/t15-,16-,19-,20+,22-/m1/s1. The van der Waals surface area contributed by atoms with Gasteiger partial charge in [0.2, 0.25) is 5.91 Å². The van der Waals surface area contributed by atoms with Crippen LogP contribution in [0.25, 0.3) is 0 Å². The van der Waals surface area contributed by atoms with Gasteiger partial charge in [-0.2, -0.15) is 0 Å². The highest BCUT2D eigenvalue weighted by Gasteiger charge is 2.45. The molecule has 0 unspecified atom stereocenters. The Balaban J connectivity index is 2.18. The minimum absolute atomic E-state index is 0.194. The number of amides is 2. The SMILES string of the molecule is COc1cccc(/C(=N\O)[C@@H](C)NC(=O)[C@H](C)[C@@H](OC)[C@@H]2C[C@@H](OC)CN2C(=O)OC(C)(C)C)c1. The fourth-order valence-corrected chi connectivity index (χ4v) is 4.27. The molecule has 1 fully saturated rings. The molecule has 1 aliphatic rings. The van der Waals surface area contributed by atoms with Crippen LogP contribution in [0.4, 0.5) is 4.79 Å². The summed E-state index contributed by atoms with van der Waals surface area (Å²) in [6, 6.07) is 6.02. The smallest absolute Gasteiger partial charge is 0.410 e. The second kappa shape index (κ2) is 12.2. The number of likely N-dealkylation sites (tertiary alicyclic amines) is 1. The highest BCUT2D eigenvalue weighted by atomic mass is 16.6.